The lowest BCUT2D eigenvalue weighted by molar-refractivity contribution is -0.139. The maximum Gasteiger partial charge on any atom is 0.326 e. The van der Waals surface area contributed by atoms with E-state index in [2.05, 4.69) is 57.7 Å². The summed E-state index contributed by atoms with van der Waals surface area (Å²) in [5, 5.41) is 22.3. The Morgan fingerprint density at radius 1 is 0.940 bits per heavy atom. The molecule has 2 unspecified atom stereocenters. The highest BCUT2D eigenvalue weighted by Crippen LogP contribution is 2.32. The predicted octanol–water partition coefficient (Wildman–Crippen LogP) is 3.80. The number of aliphatic carboxylic acids is 1. The van der Waals surface area contributed by atoms with Gasteiger partial charge in [-0.1, -0.05) is 45.4 Å². The molecular formula is C48H70N10O9. The first kappa shape index (κ1) is 52.0. The number of amides is 2. The van der Waals surface area contributed by atoms with Gasteiger partial charge in [0.1, 0.15) is 28.9 Å². The van der Waals surface area contributed by atoms with Crippen molar-refractivity contribution in [2.24, 2.45) is 11.1 Å². The van der Waals surface area contributed by atoms with Gasteiger partial charge in [0.05, 0.1) is 50.1 Å². The number of nitrogen functional groups attached to an aromatic ring is 1. The average Bonchev–Trinajstić information content (AvgIpc) is 3.67. The van der Waals surface area contributed by atoms with Crippen LogP contribution in [0.15, 0.2) is 60.0 Å². The SMILES string of the molecule is CCCCc1nc2c(N)nc3ccccc3c2n1CC(C)(C)COCCCOCCOCCOCCCNC(=O)CCC(NC(=O)c1ccc(NCC2CNC(N)=C(C=O)N2C)cc1)C(=O)O. The molecule has 67 heavy (non-hydrogen) atoms. The third kappa shape index (κ3) is 15.8. The summed E-state index contributed by atoms with van der Waals surface area (Å²) in [4.78, 5) is 59.9. The van der Waals surface area contributed by atoms with Gasteiger partial charge in [0, 0.05) is 87.9 Å². The van der Waals surface area contributed by atoms with Gasteiger partial charge in [0.25, 0.3) is 5.91 Å². The summed E-state index contributed by atoms with van der Waals surface area (Å²) in [6.45, 7) is 12.6. The number of aromatic nitrogens is 3. The van der Waals surface area contributed by atoms with Crippen LogP contribution in [-0.2, 0) is 46.3 Å². The van der Waals surface area contributed by atoms with E-state index in [1.54, 1.807) is 36.2 Å². The number of carboxylic acid groups (broad SMARTS) is 1. The van der Waals surface area contributed by atoms with E-state index in [9.17, 15) is 24.3 Å². The largest absolute Gasteiger partial charge is 0.480 e. The number of carbonyl (C=O) groups excluding carboxylic acids is 3. The first-order valence-corrected chi connectivity index (χ1v) is 23.2. The zero-order valence-corrected chi connectivity index (χ0v) is 39.4. The van der Waals surface area contributed by atoms with Crippen molar-refractivity contribution in [3.05, 3.63) is 71.4 Å². The fourth-order valence-electron chi connectivity index (χ4n) is 7.67. The monoisotopic (exact) mass is 931 g/mol. The number of imidazole rings is 1. The number of nitrogens with one attached hydrogen (secondary N) is 4. The topological polar surface area (TPSA) is 260 Å². The fraction of sp³-hybridized carbons (Fsp3) is 0.542. The summed E-state index contributed by atoms with van der Waals surface area (Å²) in [6, 6.07) is 13.4. The number of allylic oxidation sites excluding steroid dienone is 1. The van der Waals surface area contributed by atoms with Crippen LogP contribution >= 0.6 is 0 Å². The van der Waals surface area contributed by atoms with E-state index in [0.717, 1.165) is 65.7 Å². The van der Waals surface area contributed by atoms with E-state index in [1.807, 2.05) is 18.2 Å². The highest BCUT2D eigenvalue weighted by Gasteiger charge is 2.26. The van der Waals surface area contributed by atoms with Gasteiger partial charge in [-0.05, 0) is 56.0 Å². The van der Waals surface area contributed by atoms with Crippen molar-refractivity contribution in [1.82, 2.24) is 35.4 Å². The fourth-order valence-corrected chi connectivity index (χ4v) is 7.67. The maximum absolute atomic E-state index is 12.8. The number of fused-ring (bicyclic) bond motifs is 3. The van der Waals surface area contributed by atoms with Crippen molar-refractivity contribution < 1.29 is 43.2 Å². The average molecular weight is 931 g/mol. The van der Waals surface area contributed by atoms with Crippen LogP contribution < -0.4 is 32.7 Å². The number of ether oxygens (including phenoxy) is 4. The second kappa shape index (κ2) is 26.4. The van der Waals surface area contributed by atoms with Crippen LogP contribution in [0.1, 0.15) is 75.5 Å². The maximum atomic E-state index is 12.8. The molecule has 366 valence electrons. The molecule has 1 aliphatic rings. The number of carboxylic acids is 1. The summed E-state index contributed by atoms with van der Waals surface area (Å²) >= 11 is 0. The molecule has 4 aromatic rings. The van der Waals surface area contributed by atoms with Gasteiger partial charge in [-0.15, -0.1) is 0 Å². The Labute approximate surface area is 392 Å². The number of hydrogen-bond acceptors (Lipinski definition) is 15. The van der Waals surface area contributed by atoms with Gasteiger partial charge in [-0.25, -0.2) is 14.8 Å². The molecular weight excluding hydrogens is 861 g/mol. The smallest absolute Gasteiger partial charge is 0.326 e. The van der Waals surface area contributed by atoms with Crippen LogP contribution in [0.4, 0.5) is 11.5 Å². The lowest BCUT2D eigenvalue weighted by atomic mass is 9.94. The molecule has 5 rings (SSSR count). The Hall–Kier alpha value is -6.02. The minimum Gasteiger partial charge on any atom is -0.480 e. The van der Waals surface area contributed by atoms with Crippen molar-refractivity contribution in [3.63, 3.8) is 0 Å². The molecule has 0 fully saturated rings. The van der Waals surface area contributed by atoms with Gasteiger partial charge >= 0.3 is 5.97 Å². The first-order valence-electron chi connectivity index (χ1n) is 23.2. The zero-order valence-electron chi connectivity index (χ0n) is 39.4. The minimum atomic E-state index is -1.24. The van der Waals surface area contributed by atoms with Crippen molar-refractivity contribution in [3.8, 4) is 0 Å². The number of unbranched alkanes of at least 4 members (excludes halogenated alkanes) is 1. The number of aldehydes is 1. The molecule has 2 amide bonds. The number of benzene rings is 2. The van der Waals surface area contributed by atoms with Crippen molar-refractivity contribution >= 4 is 57.5 Å². The number of rotatable bonds is 31. The summed E-state index contributed by atoms with van der Waals surface area (Å²) in [5.41, 5.74) is 16.1. The highest BCUT2D eigenvalue weighted by atomic mass is 16.5. The Morgan fingerprint density at radius 3 is 2.33 bits per heavy atom. The lowest BCUT2D eigenvalue weighted by Crippen LogP contribution is -2.50. The van der Waals surface area contributed by atoms with Crippen molar-refractivity contribution in [2.45, 2.75) is 84.3 Å². The Kier molecular flexibility index (Phi) is 20.4. The van der Waals surface area contributed by atoms with E-state index in [0.29, 0.717) is 103 Å². The number of hydrogen-bond donors (Lipinski definition) is 7. The second-order valence-electron chi connectivity index (χ2n) is 17.5. The summed E-state index contributed by atoms with van der Waals surface area (Å²) in [5.74, 6) is -0.294. The number of carbonyl (C=O) groups is 4. The van der Waals surface area contributed by atoms with E-state index in [1.165, 1.54) is 0 Å². The molecule has 2 aromatic heterocycles. The number of likely N-dealkylation sites (N-methyl/N-ethyl adjacent to an activating group) is 1. The minimum absolute atomic E-state index is 0.0385. The molecule has 0 saturated carbocycles. The number of pyridine rings is 1. The van der Waals surface area contributed by atoms with Gasteiger partial charge in [-0.2, -0.15) is 0 Å². The van der Waals surface area contributed by atoms with Crippen molar-refractivity contribution in [1.29, 1.82) is 0 Å². The predicted molar refractivity (Wildman–Crippen MR) is 257 cm³/mol. The lowest BCUT2D eigenvalue weighted by Gasteiger charge is -2.35. The molecule has 0 saturated heterocycles. The molecule has 19 heteroatoms. The molecule has 0 aliphatic carbocycles. The van der Waals surface area contributed by atoms with Gasteiger partial charge in [-0.3, -0.25) is 14.4 Å². The molecule has 19 nitrogen and oxygen atoms in total. The quantitative estimate of drug-likeness (QED) is 0.0280. The molecule has 2 aromatic carbocycles. The van der Waals surface area contributed by atoms with Crippen molar-refractivity contribution in [2.75, 3.05) is 90.6 Å². The number of para-hydroxylation sites is 1. The highest BCUT2D eigenvalue weighted by molar-refractivity contribution is 6.06. The third-order valence-electron chi connectivity index (χ3n) is 11.4. The van der Waals surface area contributed by atoms with Crippen LogP contribution in [-0.4, -0.2) is 140 Å². The summed E-state index contributed by atoms with van der Waals surface area (Å²) in [6.07, 6.45) is 4.90. The third-order valence-corrected chi connectivity index (χ3v) is 11.4. The van der Waals surface area contributed by atoms with E-state index < -0.39 is 17.9 Å². The van der Waals surface area contributed by atoms with Gasteiger partial charge < -0.3 is 66.3 Å². The number of nitrogens with zero attached hydrogens (tertiary/aromatic N) is 4. The second-order valence-corrected chi connectivity index (χ2v) is 17.5. The zero-order chi connectivity index (χ0) is 48.2. The Morgan fingerprint density at radius 2 is 1.63 bits per heavy atom. The molecule has 0 radical (unpaired) electrons. The van der Waals surface area contributed by atoms with Crippen LogP contribution in [0.25, 0.3) is 21.9 Å². The molecule has 9 N–H and O–H groups in total. The van der Waals surface area contributed by atoms with E-state index in [4.69, 9.17) is 35.4 Å². The molecule has 1 aliphatic heterocycles. The molecule has 0 bridgehead atoms. The van der Waals surface area contributed by atoms with Gasteiger partial charge in [0.2, 0.25) is 5.91 Å². The summed E-state index contributed by atoms with van der Waals surface area (Å²) < 4.78 is 25.4. The first-order chi connectivity index (χ1) is 32.3. The molecule has 2 atom stereocenters. The van der Waals surface area contributed by atoms with Gasteiger partial charge in [0.15, 0.2) is 12.1 Å². The van der Waals surface area contributed by atoms with E-state index in [-0.39, 0.29) is 35.8 Å². The summed E-state index contributed by atoms with van der Waals surface area (Å²) in [7, 11) is 1.79. The normalized spacial score (nSPS) is 14.6. The van der Waals surface area contributed by atoms with E-state index >= 15 is 0 Å². The number of nitrogens with two attached hydrogens (primary N) is 2. The van der Waals surface area contributed by atoms with Crippen LogP contribution in [0.2, 0.25) is 0 Å². The standard InChI is InChI=1S/C48H70N10O9/c1-5-6-13-40-56-42-43(36-11-7-8-12-37(36)54-45(42)50)58(40)31-48(2,3)32-67-23-10-22-65-25-27-66-26-24-64-21-9-20-51-41(60)19-18-38(47(62)63)55-46(61)33-14-16-34(17-15-33)52-28-35-29-53-44(49)39(30-59)57(35)4/h7-8,11-12,14-17,30,35,38,52-53H,5-6,9-10,13,18-29,31-32,49H2,1-4H3,(H2,50,54)(H,51,60)(H,55,61)(H,62,63). The van der Waals surface area contributed by atoms with Crippen LogP contribution in [0, 0.1) is 5.41 Å². The number of aryl methyl sites for hydroxylation is 1. The Balaban J connectivity index is 0.858. The molecule has 3 heterocycles. The van der Waals surface area contributed by atoms with Crippen LogP contribution in [0.3, 0.4) is 0 Å². The molecule has 0 spiro atoms. The van der Waals surface area contributed by atoms with Crippen LogP contribution in [0.5, 0.6) is 0 Å². The Bertz CT molecular complexity index is 2270. The number of anilines is 2.